The molecule has 0 aliphatic heterocycles. The molecule has 0 aromatic carbocycles. The van der Waals surface area contributed by atoms with Crippen LogP contribution in [-0.2, 0) is 0 Å². The number of hydrogen-bond acceptors (Lipinski definition) is 3. The van der Waals surface area contributed by atoms with Crippen LogP contribution in [0.4, 0.5) is 0 Å². The zero-order valence-corrected chi connectivity index (χ0v) is 15.1. The number of aliphatic hydroxyl groups is 1. The van der Waals surface area contributed by atoms with Crippen molar-refractivity contribution >= 4 is 0 Å². The fourth-order valence-corrected chi connectivity index (χ4v) is 2.70. The van der Waals surface area contributed by atoms with Gasteiger partial charge in [0.05, 0.1) is 6.10 Å². The molecule has 0 amide bonds. The molecule has 128 valence electrons. The molecule has 0 aliphatic carbocycles. The molecule has 0 fully saturated rings. The molecule has 1 atom stereocenters. The van der Waals surface area contributed by atoms with Crippen LogP contribution < -0.4 is 0 Å². The average molecular weight is 301 g/mol. The summed E-state index contributed by atoms with van der Waals surface area (Å²) in [4.78, 5) is 4.90. The molecule has 0 spiro atoms. The van der Waals surface area contributed by atoms with Crippen LogP contribution >= 0.6 is 0 Å². The van der Waals surface area contributed by atoms with Gasteiger partial charge < -0.3 is 14.9 Å². The molecule has 0 rings (SSSR count). The van der Waals surface area contributed by atoms with E-state index in [4.69, 9.17) is 0 Å². The van der Waals surface area contributed by atoms with Crippen molar-refractivity contribution < 1.29 is 5.11 Å². The van der Waals surface area contributed by atoms with Crippen molar-refractivity contribution in [2.45, 2.75) is 78.7 Å². The third kappa shape index (κ3) is 12.1. The predicted octanol–water partition coefficient (Wildman–Crippen LogP) is 3.76. The second-order valence-corrected chi connectivity index (χ2v) is 6.32. The normalized spacial score (nSPS) is 13.3. The summed E-state index contributed by atoms with van der Waals surface area (Å²) in [5.41, 5.74) is 0. The highest BCUT2D eigenvalue weighted by Gasteiger charge is 2.14. The summed E-state index contributed by atoms with van der Waals surface area (Å²) in [5, 5.41) is 10.4. The summed E-state index contributed by atoms with van der Waals surface area (Å²) >= 11 is 0. The Morgan fingerprint density at radius 3 is 1.33 bits per heavy atom. The van der Waals surface area contributed by atoms with E-state index in [9.17, 15) is 5.11 Å². The van der Waals surface area contributed by atoms with Crippen molar-refractivity contribution in [1.29, 1.82) is 0 Å². The Hall–Kier alpha value is -0.120. The van der Waals surface area contributed by atoms with Gasteiger partial charge in [-0.15, -0.1) is 0 Å². The number of hydrogen-bond donors (Lipinski definition) is 1. The van der Waals surface area contributed by atoms with E-state index in [0.29, 0.717) is 0 Å². The van der Waals surface area contributed by atoms with Crippen molar-refractivity contribution in [3.63, 3.8) is 0 Å². The average Bonchev–Trinajstić information content (AvgIpc) is 2.47. The van der Waals surface area contributed by atoms with Crippen LogP contribution in [0.1, 0.15) is 72.6 Å². The molecule has 0 heterocycles. The zero-order valence-electron chi connectivity index (χ0n) is 15.1. The molecule has 21 heavy (non-hydrogen) atoms. The van der Waals surface area contributed by atoms with Crippen molar-refractivity contribution in [3.8, 4) is 0 Å². The quantitative estimate of drug-likeness (QED) is 0.499. The molecule has 0 bridgehead atoms. The predicted molar refractivity (Wildman–Crippen MR) is 93.9 cm³/mol. The summed E-state index contributed by atoms with van der Waals surface area (Å²) in [6, 6.07) is 0. The van der Waals surface area contributed by atoms with Crippen LogP contribution in [-0.4, -0.2) is 60.3 Å². The lowest BCUT2D eigenvalue weighted by Gasteiger charge is -2.29. The molecule has 0 aromatic heterocycles. The number of rotatable bonds is 15. The van der Waals surface area contributed by atoms with E-state index in [-0.39, 0.29) is 6.10 Å². The first-order valence-electron chi connectivity index (χ1n) is 9.30. The maximum Gasteiger partial charge on any atom is 0.0793 e. The minimum absolute atomic E-state index is 0.206. The highest BCUT2D eigenvalue weighted by Crippen LogP contribution is 2.04. The van der Waals surface area contributed by atoms with E-state index in [0.717, 1.165) is 39.3 Å². The molecule has 3 heteroatoms. The van der Waals surface area contributed by atoms with Gasteiger partial charge in [0.1, 0.15) is 0 Å². The lowest BCUT2D eigenvalue weighted by molar-refractivity contribution is 0.0719. The Labute approximate surface area is 133 Å². The maximum atomic E-state index is 10.4. The Morgan fingerprint density at radius 1 is 0.619 bits per heavy atom. The van der Waals surface area contributed by atoms with Gasteiger partial charge in [-0.2, -0.15) is 0 Å². The maximum absolute atomic E-state index is 10.4. The van der Waals surface area contributed by atoms with Gasteiger partial charge in [0.15, 0.2) is 0 Å². The summed E-state index contributed by atoms with van der Waals surface area (Å²) < 4.78 is 0. The first-order chi connectivity index (χ1) is 10.2. The molecule has 0 saturated carbocycles. The monoisotopic (exact) mass is 300 g/mol. The first kappa shape index (κ1) is 20.9. The van der Waals surface area contributed by atoms with Crippen LogP contribution in [0.3, 0.4) is 0 Å². The van der Waals surface area contributed by atoms with Gasteiger partial charge in [-0.25, -0.2) is 0 Å². The van der Waals surface area contributed by atoms with Gasteiger partial charge in [0, 0.05) is 13.1 Å². The minimum Gasteiger partial charge on any atom is -0.390 e. The van der Waals surface area contributed by atoms with E-state index >= 15 is 0 Å². The van der Waals surface area contributed by atoms with Gasteiger partial charge in [0.2, 0.25) is 0 Å². The van der Waals surface area contributed by atoms with Gasteiger partial charge in [-0.1, -0.05) is 47.0 Å². The van der Waals surface area contributed by atoms with Crippen LogP contribution in [0.25, 0.3) is 0 Å². The minimum atomic E-state index is -0.206. The lowest BCUT2D eigenvalue weighted by atomic mass is 10.2. The molecule has 1 unspecified atom stereocenters. The number of aliphatic hydroxyl groups excluding tert-OH is 1. The molecular weight excluding hydrogens is 260 g/mol. The van der Waals surface area contributed by atoms with Crippen LogP contribution in [0, 0.1) is 0 Å². The van der Waals surface area contributed by atoms with Crippen molar-refractivity contribution in [2.75, 3.05) is 39.3 Å². The first-order valence-corrected chi connectivity index (χ1v) is 9.30. The number of unbranched alkanes of at least 4 members (excludes halogenated alkanes) is 3. The number of nitrogens with zero attached hydrogens (tertiary/aromatic N) is 2. The van der Waals surface area contributed by atoms with Gasteiger partial charge in [-0.3, -0.25) is 0 Å². The third-order valence-corrected chi connectivity index (χ3v) is 3.96. The SMILES string of the molecule is CCCCN(CCC)CC(O)CN(CCCC)CCCC. The summed E-state index contributed by atoms with van der Waals surface area (Å²) in [7, 11) is 0. The molecular formula is C18H40N2O. The summed E-state index contributed by atoms with van der Waals surface area (Å²) in [6.07, 6.45) is 8.38. The standard InChI is InChI=1S/C18H40N2O/c1-5-9-13-19(12-8-4)16-18(21)17-20(14-10-6-2)15-11-7-3/h18,21H,5-17H2,1-4H3. The molecule has 0 radical (unpaired) electrons. The molecule has 0 aromatic rings. The van der Waals surface area contributed by atoms with Gasteiger partial charge >= 0.3 is 0 Å². The third-order valence-electron chi connectivity index (χ3n) is 3.96. The van der Waals surface area contributed by atoms with E-state index in [2.05, 4.69) is 37.5 Å². The summed E-state index contributed by atoms with van der Waals surface area (Å²) in [5.74, 6) is 0. The largest absolute Gasteiger partial charge is 0.390 e. The topological polar surface area (TPSA) is 26.7 Å². The highest BCUT2D eigenvalue weighted by molar-refractivity contribution is 4.70. The van der Waals surface area contributed by atoms with Crippen LogP contribution in [0.15, 0.2) is 0 Å². The molecule has 0 aliphatic rings. The van der Waals surface area contributed by atoms with Crippen molar-refractivity contribution in [2.24, 2.45) is 0 Å². The fraction of sp³-hybridized carbons (Fsp3) is 1.00. The van der Waals surface area contributed by atoms with Crippen molar-refractivity contribution in [3.05, 3.63) is 0 Å². The van der Waals surface area contributed by atoms with Gasteiger partial charge in [0.25, 0.3) is 0 Å². The Morgan fingerprint density at radius 2 is 1.00 bits per heavy atom. The van der Waals surface area contributed by atoms with Gasteiger partial charge in [-0.05, 0) is 51.9 Å². The highest BCUT2D eigenvalue weighted by atomic mass is 16.3. The Kier molecular flexibility index (Phi) is 14.7. The Bertz CT molecular complexity index is 203. The van der Waals surface area contributed by atoms with E-state index in [1.807, 2.05) is 0 Å². The van der Waals surface area contributed by atoms with E-state index in [1.165, 1.54) is 44.9 Å². The smallest absolute Gasteiger partial charge is 0.0793 e. The second-order valence-electron chi connectivity index (χ2n) is 6.32. The lowest BCUT2D eigenvalue weighted by Crippen LogP contribution is -2.41. The van der Waals surface area contributed by atoms with Crippen LogP contribution in [0.2, 0.25) is 0 Å². The van der Waals surface area contributed by atoms with E-state index < -0.39 is 0 Å². The van der Waals surface area contributed by atoms with Crippen molar-refractivity contribution in [1.82, 2.24) is 9.80 Å². The zero-order chi connectivity index (χ0) is 15.9. The Balaban J connectivity index is 4.18. The fourth-order valence-electron chi connectivity index (χ4n) is 2.70. The second kappa shape index (κ2) is 14.8. The molecule has 0 saturated heterocycles. The molecule has 3 nitrogen and oxygen atoms in total. The summed E-state index contributed by atoms with van der Waals surface area (Å²) in [6.45, 7) is 15.1. The van der Waals surface area contributed by atoms with Crippen LogP contribution in [0.5, 0.6) is 0 Å². The molecule has 1 N–H and O–H groups in total. The van der Waals surface area contributed by atoms with E-state index in [1.54, 1.807) is 0 Å².